The molecule has 0 aliphatic heterocycles. The zero-order chi connectivity index (χ0) is 18.3. The molecular weight excluding hydrogens is 308 g/mol. The van der Waals surface area contributed by atoms with E-state index in [9.17, 15) is 14.7 Å². The first-order valence-electron chi connectivity index (χ1n) is 8.16. The molecule has 0 bridgehead atoms. The van der Waals surface area contributed by atoms with Crippen LogP contribution in [0, 0.1) is 0 Å². The molecule has 6 heteroatoms. The number of aliphatic hydroxyl groups is 1. The maximum absolute atomic E-state index is 12.1. The molecule has 1 aromatic carbocycles. The van der Waals surface area contributed by atoms with Crippen LogP contribution in [-0.4, -0.2) is 41.4 Å². The van der Waals surface area contributed by atoms with Gasteiger partial charge in [0.2, 0.25) is 0 Å². The van der Waals surface area contributed by atoms with E-state index in [1.807, 2.05) is 37.3 Å². The molecule has 0 spiro atoms. The van der Waals surface area contributed by atoms with Crippen molar-refractivity contribution in [2.24, 2.45) is 0 Å². The third-order valence-corrected chi connectivity index (χ3v) is 3.51. The number of hydrogen-bond acceptors (Lipinski definition) is 4. The van der Waals surface area contributed by atoms with Gasteiger partial charge in [0, 0.05) is 12.5 Å². The van der Waals surface area contributed by atoms with E-state index in [1.165, 1.54) is 0 Å². The Morgan fingerprint density at radius 3 is 2.29 bits per heavy atom. The minimum Gasteiger partial charge on any atom is -0.444 e. The number of alkyl carbamates (subject to hydrolysis) is 1. The average Bonchev–Trinajstić information content (AvgIpc) is 2.50. The van der Waals surface area contributed by atoms with E-state index in [-0.39, 0.29) is 5.92 Å². The van der Waals surface area contributed by atoms with Crippen LogP contribution in [0.3, 0.4) is 0 Å². The van der Waals surface area contributed by atoms with Crippen LogP contribution < -0.4 is 10.6 Å². The van der Waals surface area contributed by atoms with Gasteiger partial charge in [-0.1, -0.05) is 37.3 Å². The maximum Gasteiger partial charge on any atom is 0.407 e. The lowest BCUT2D eigenvalue weighted by molar-refractivity contribution is -0.130. The van der Waals surface area contributed by atoms with Crippen molar-refractivity contribution in [2.45, 2.75) is 58.3 Å². The van der Waals surface area contributed by atoms with Gasteiger partial charge in [-0.15, -0.1) is 0 Å². The molecule has 3 unspecified atom stereocenters. The number of carbonyl (C=O) groups excluding carboxylic acids is 2. The molecule has 134 valence electrons. The summed E-state index contributed by atoms with van der Waals surface area (Å²) >= 11 is 0. The highest BCUT2D eigenvalue weighted by atomic mass is 16.6. The number of carbonyl (C=O) groups is 2. The molecule has 3 N–H and O–H groups in total. The number of hydrogen-bond donors (Lipinski definition) is 3. The van der Waals surface area contributed by atoms with E-state index in [1.54, 1.807) is 27.7 Å². The first kappa shape index (κ1) is 20.0. The molecule has 0 saturated heterocycles. The fourth-order valence-corrected chi connectivity index (χ4v) is 2.33. The molecule has 0 aromatic heterocycles. The third-order valence-electron chi connectivity index (χ3n) is 3.51. The van der Waals surface area contributed by atoms with E-state index in [0.717, 1.165) is 5.56 Å². The second-order valence-corrected chi connectivity index (χ2v) is 6.71. The van der Waals surface area contributed by atoms with Crippen molar-refractivity contribution in [3.05, 3.63) is 35.9 Å². The highest BCUT2D eigenvalue weighted by Crippen LogP contribution is 2.22. The van der Waals surface area contributed by atoms with Crippen LogP contribution >= 0.6 is 0 Å². The van der Waals surface area contributed by atoms with Gasteiger partial charge in [0.25, 0.3) is 5.91 Å². The predicted octanol–water partition coefficient (Wildman–Crippen LogP) is 2.18. The summed E-state index contributed by atoms with van der Waals surface area (Å²) in [6.07, 6.45) is -2.05. The van der Waals surface area contributed by atoms with Crippen molar-refractivity contribution in [1.29, 1.82) is 0 Å². The van der Waals surface area contributed by atoms with Crippen LogP contribution in [0.15, 0.2) is 30.3 Å². The van der Waals surface area contributed by atoms with Crippen LogP contribution in [0.25, 0.3) is 0 Å². The Morgan fingerprint density at radius 2 is 1.79 bits per heavy atom. The summed E-state index contributed by atoms with van der Waals surface area (Å²) in [5.41, 5.74) is 0.239. The molecule has 2 amide bonds. The lowest BCUT2D eigenvalue weighted by Gasteiger charge is -2.30. The Kier molecular flexibility index (Phi) is 7.22. The molecule has 1 aromatic rings. The fraction of sp³-hybridized carbons (Fsp3) is 0.556. The Hall–Kier alpha value is -2.08. The molecule has 3 atom stereocenters. The van der Waals surface area contributed by atoms with E-state index in [2.05, 4.69) is 10.6 Å². The number of rotatable bonds is 6. The minimum absolute atomic E-state index is 0.281. The van der Waals surface area contributed by atoms with Gasteiger partial charge in [-0.2, -0.15) is 0 Å². The van der Waals surface area contributed by atoms with Gasteiger partial charge < -0.3 is 20.5 Å². The molecule has 1 rings (SSSR count). The molecular formula is C18H28N2O4. The number of nitrogens with one attached hydrogen (secondary N) is 2. The van der Waals surface area contributed by atoms with Gasteiger partial charge in [0.05, 0.1) is 6.04 Å². The normalized spacial score (nSPS) is 15.1. The number of likely N-dealkylation sites (N-methyl/N-ethyl adjacent to an activating group) is 1. The van der Waals surface area contributed by atoms with Gasteiger partial charge in [-0.25, -0.2) is 4.79 Å². The third kappa shape index (κ3) is 6.20. The maximum atomic E-state index is 12.1. The number of aliphatic hydroxyl groups excluding tert-OH is 1. The smallest absolute Gasteiger partial charge is 0.407 e. The summed E-state index contributed by atoms with van der Waals surface area (Å²) in [7, 11) is 0. The summed E-state index contributed by atoms with van der Waals surface area (Å²) in [6, 6.07) is 8.59. The topological polar surface area (TPSA) is 87.7 Å². The first-order valence-corrected chi connectivity index (χ1v) is 8.16. The molecule has 6 nitrogen and oxygen atoms in total. The summed E-state index contributed by atoms with van der Waals surface area (Å²) in [5.74, 6) is -0.808. The van der Waals surface area contributed by atoms with E-state index in [0.29, 0.717) is 6.54 Å². The van der Waals surface area contributed by atoms with Crippen molar-refractivity contribution >= 4 is 12.0 Å². The standard InChI is InChI=1S/C18H28N2O4/c1-6-19-16(22)15(21)14(20-17(23)24-18(3,4)5)12(2)13-10-8-7-9-11-13/h7-12,14-15,21H,6H2,1-5H3,(H,19,22)(H,20,23). The zero-order valence-corrected chi connectivity index (χ0v) is 15.0. The van der Waals surface area contributed by atoms with Gasteiger partial charge >= 0.3 is 6.09 Å². The van der Waals surface area contributed by atoms with Crippen molar-refractivity contribution < 1.29 is 19.4 Å². The van der Waals surface area contributed by atoms with Gasteiger partial charge in [0.15, 0.2) is 6.10 Å². The van der Waals surface area contributed by atoms with Gasteiger partial charge in [-0.3, -0.25) is 4.79 Å². The first-order chi connectivity index (χ1) is 11.2. The molecule has 24 heavy (non-hydrogen) atoms. The minimum atomic E-state index is -1.38. The van der Waals surface area contributed by atoms with Gasteiger partial charge in [-0.05, 0) is 33.3 Å². The fourth-order valence-electron chi connectivity index (χ4n) is 2.33. The van der Waals surface area contributed by atoms with Gasteiger partial charge in [0.1, 0.15) is 5.60 Å². The Balaban J connectivity index is 2.98. The summed E-state index contributed by atoms with van der Waals surface area (Å²) in [6.45, 7) is 9.27. The molecule has 0 saturated carbocycles. The van der Waals surface area contributed by atoms with Crippen molar-refractivity contribution in [3.63, 3.8) is 0 Å². The molecule has 0 heterocycles. The number of amides is 2. The summed E-state index contributed by atoms with van der Waals surface area (Å²) in [4.78, 5) is 24.1. The monoisotopic (exact) mass is 336 g/mol. The van der Waals surface area contributed by atoms with E-state index in [4.69, 9.17) is 4.74 Å². The Morgan fingerprint density at radius 1 is 1.21 bits per heavy atom. The quantitative estimate of drug-likeness (QED) is 0.743. The van der Waals surface area contributed by atoms with Crippen molar-refractivity contribution in [3.8, 4) is 0 Å². The Labute approximate surface area is 143 Å². The van der Waals surface area contributed by atoms with Crippen molar-refractivity contribution in [1.82, 2.24) is 10.6 Å². The summed E-state index contributed by atoms with van der Waals surface area (Å²) < 4.78 is 5.25. The van der Waals surface area contributed by atoms with Crippen LogP contribution in [0.2, 0.25) is 0 Å². The van der Waals surface area contributed by atoms with Crippen LogP contribution in [0.1, 0.15) is 46.1 Å². The lowest BCUT2D eigenvalue weighted by atomic mass is 9.89. The largest absolute Gasteiger partial charge is 0.444 e. The highest BCUT2D eigenvalue weighted by Gasteiger charge is 2.33. The second-order valence-electron chi connectivity index (χ2n) is 6.71. The Bertz CT molecular complexity index is 540. The summed E-state index contributed by atoms with van der Waals surface area (Å²) in [5, 5.41) is 15.6. The molecule has 0 fully saturated rings. The van der Waals surface area contributed by atoms with E-state index < -0.39 is 29.7 Å². The molecule has 0 radical (unpaired) electrons. The molecule has 0 aliphatic carbocycles. The van der Waals surface area contributed by atoms with Crippen LogP contribution in [0.4, 0.5) is 4.79 Å². The lowest BCUT2D eigenvalue weighted by Crippen LogP contribution is -2.53. The van der Waals surface area contributed by atoms with E-state index >= 15 is 0 Å². The predicted molar refractivity (Wildman–Crippen MR) is 92.7 cm³/mol. The molecule has 0 aliphatic rings. The second kappa shape index (κ2) is 8.68. The van der Waals surface area contributed by atoms with Crippen molar-refractivity contribution in [2.75, 3.05) is 6.54 Å². The number of ether oxygens (including phenoxy) is 1. The highest BCUT2D eigenvalue weighted by molar-refractivity contribution is 5.82. The van der Waals surface area contributed by atoms with Crippen LogP contribution in [-0.2, 0) is 9.53 Å². The number of benzene rings is 1. The SMILES string of the molecule is CCNC(=O)C(O)C(NC(=O)OC(C)(C)C)C(C)c1ccccc1. The average molecular weight is 336 g/mol. The zero-order valence-electron chi connectivity index (χ0n) is 15.0. The van der Waals surface area contributed by atoms with Crippen LogP contribution in [0.5, 0.6) is 0 Å².